The fraction of sp³-hybridized carbons (Fsp3) is 0.774. The molecule has 0 saturated carbocycles. The van der Waals surface area contributed by atoms with Gasteiger partial charge in [-0.1, -0.05) is 0 Å². The summed E-state index contributed by atoms with van der Waals surface area (Å²) in [7, 11) is 0. The van der Waals surface area contributed by atoms with Crippen LogP contribution in [-0.4, -0.2) is 165 Å². The Morgan fingerprint density at radius 1 is 0.378 bits per heavy atom. The van der Waals surface area contributed by atoms with Gasteiger partial charge in [-0.15, -0.1) is 0 Å². The summed E-state index contributed by atoms with van der Waals surface area (Å²) in [5.74, 6) is 0.700. The molecule has 0 atom stereocenters. The molecule has 0 aliphatic rings. The van der Waals surface area contributed by atoms with Crippen LogP contribution in [-0.2, 0) is 52.1 Å². The van der Waals surface area contributed by atoms with E-state index in [9.17, 15) is 9.18 Å². The number of halogens is 1. The zero-order valence-electron chi connectivity index (χ0n) is 26.5. The lowest BCUT2D eigenvalue weighted by molar-refractivity contribution is -0.0278. The van der Waals surface area contributed by atoms with Crippen LogP contribution in [0.3, 0.4) is 0 Å². The monoisotopic (exact) mass is 652 g/mol. The molecule has 0 amide bonds. The van der Waals surface area contributed by atoms with E-state index in [-0.39, 0.29) is 6.61 Å². The van der Waals surface area contributed by atoms with Crippen molar-refractivity contribution in [3.05, 3.63) is 29.8 Å². The molecule has 1 aromatic rings. The lowest BCUT2D eigenvalue weighted by atomic mass is 10.2. The van der Waals surface area contributed by atoms with E-state index >= 15 is 0 Å². The Kier molecular flexibility index (Phi) is 32.1. The van der Waals surface area contributed by atoms with Crippen molar-refractivity contribution in [1.82, 2.24) is 0 Å². The molecule has 0 N–H and O–H groups in total. The summed E-state index contributed by atoms with van der Waals surface area (Å²) in [6.45, 7) is 10.1. The minimum absolute atomic E-state index is 0.110. The standard InChI is InChI=1S/C31H53FO13/c32-5-6-34-7-8-35-9-10-36-11-12-37-13-14-38-15-16-39-17-18-40-19-20-41-21-22-42-23-24-43-25-26-44-27-28-45-31-3-1-30(29-33)2-4-31/h1-4,29H,5-28H2. The maximum absolute atomic E-state index is 11.8. The van der Waals surface area contributed by atoms with Crippen molar-refractivity contribution in [3.63, 3.8) is 0 Å². The van der Waals surface area contributed by atoms with Crippen molar-refractivity contribution in [1.29, 1.82) is 0 Å². The van der Waals surface area contributed by atoms with E-state index in [1.807, 2.05) is 0 Å². The molecule has 0 aliphatic carbocycles. The van der Waals surface area contributed by atoms with Crippen LogP contribution in [0.1, 0.15) is 10.4 Å². The topological polar surface area (TPSA) is 128 Å². The molecule has 262 valence electrons. The smallest absolute Gasteiger partial charge is 0.150 e. The van der Waals surface area contributed by atoms with Crippen molar-refractivity contribution < 1.29 is 66.0 Å². The second-order valence-electron chi connectivity index (χ2n) is 8.96. The average Bonchev–Trinajstić information content (AvgIpc) is 3.06. The lowest BCUT2D eigenvalue weighted by Crippen LogP contribution is -2.15. The van der Waals surface area contributed by atoms with Crippen LogP contribution >= 0.6 is 0 Å². The van der Waals surface area contributed by atoms with E-state index in [1.54, 1.807) is 24.3 Å². The fourth-order valence-corrected chi connectivity index (χ4v) is 3.22. The summed E-state index contributed by atoms with van der Waals surface area (Å²) in [6.07, 6.45) is 0.795. The predicted molar refractivity (Wildman–Crippen MR) is 162 cm³/mol. The lowest BCUT2D eigenvalue weighted by Gasteiger charge is -2.09. The van der Waals surface area contributed by atoms with Crippen molar-refractivity contribution in [2.24, 2.45) is 0 Å². The molecule has 0 heterocycles. The van der Waals surface area contributed by atoms with Gasteiger partial charge in [0.2, 0.25) is 0 Å². The molecule has 1 rings (SSSR count). The van der Waals surface area contributed by atoms with Gasteiger partial charge in [0, 0.05) is 5.56 Å². The summed E-state index contributed by atoms with van der Waals surface area (Å²) < 4.78 is 76.6. The summed E-state index contributed by atoms with van der Waals surface area (Å²) >= 11 is 0. The van der Waals surface area contributed by atoms with Gasteiger partial charge in [0.25, 0.3) is 0 Å². The highest BCUT2D eigenvalue weighted by Gasteiger charge is 1.98. The fourth-order valence-electron chi connectivity index (χ4n) is 3.22. The minimum atomic E-state index is -0.478. The van der Waals surface area contributed by atoms with Gasteiger partial charge in [0.05, 0.1) is 145 Å². The average molecular weight is 653 g/mol. The third kappa shape index (κ3) is 30.6. The van der Waals surface area contributed by atoms with Crippen LogP contribution in [0.15, 0.2) is 24.3 Å². The number of benzene rings is 1. The summed E-state index contributed by atoms with van der Waals surface area (Å²) in [5.41, 5.74) is 0.615. The van der Waals surface area contributed by atoms with E-state index in [0.717, 1.165) is 6.29 Å². The first-order valence-electron chi connectivity index (χ1n) is 15.5. The van der Waals surface area contributed by atoms with E-state index in [2.05, 4.69) is 0 Å². The molecule has 0 fully saturated rings. The Morgan fingerprint density at radius 3 is 0.867 bits per heavy atom. The third-order valence-electron chi connectivity index (χ3n) is 5.45. The van der Waals surface area contributed by atoms with Gasteiger partial charge in [0.1, 0.15) is 25.3 Å². The molecule has 0 saturated heterocycles. The first kappa shape index (κ1) is 41.2. The van der Waals surface area contributed by atoms with Gasteiger partial charge >= 0.3 is 0 Å². The minimum Gasteiger partial charge on any atom is -0.491 e. The number of ether oxygens (including phenoxy) is 12. The van der Waals surface area contributed by atoms with Crippen molar-refractivity contribution in [2.45, 2.75) is 0 Å². The molecular formula is C31H53FO13. The second-order valence-corrected chi connectivity index (χ2v) is 8.96. The normalized spacial score (nSPS) is 11.3. The first-order valence-corrected chi connectivity index (χ1v) is 15.5. The highest BCUT2D eigenvalue weighted by Crippen LogP contribution is 2.10. The molecule has 0 bridgehead atoms. The van der Waals surface area contributed by atoms with Crippen LogP contribution < -0.4 is 4.74 Å². The summed E-state index contributed by atoms with van der Waals surface area (Å²) in [4.78, 5) is 10.6. The van der Waals surface area contributed by atoms with E-state index in [0.29, 0.717) is 157 Å². The van der Waals surface area contributed by atoms with Crippen molar-refractivity contribution in [3.8, 4) is 5.75 Å². The van der Waals surface area contributed by atoms with Crippen molar-refractivity contribution in [2.75, 3.05) is 159 Å². The Bertz CT molecular complexity index is 730. The number of alkyl halides is 1. The zero-order valence-corrected chi connectivity index (χ0v) is 26.5. The predicted octanol–water partition coefficient (Wildman–Crippen LogP) is 2.03. The highest BCUT2D eigenvalue weighted by molar-refractivity contribution is 5.74. The van der Waals surface area contributed by atoms with E-state index in [4.69, 9.17) is 56.8 Å². The van der Waals surface area contributed by atoms with Crippen LogP contribution in [0.5, 0.6) is 5.75 Å². The number of aldehydes is 1. The number of carbonyl (C=O) groups is 1. The number of rotatable bonds is 37. The Labute approximate surface area is 266 Å². The quantitative estimate of drug-likeness (QED) is 0.0769. The van der Waals surface area contributed by atoms with E-state index < -0.39 is 6.67 Å². The molecule has 1 aromatic carbocycles. The largest absolute Gasteiger partial charge is 0.491 e. The Balaban J connectivity index is 1.63. The molecule has 45 heavy (non-hydrogen) atoms. The van der Waals surface area contributed by atoms with Crippen LogP contribution in [0.25, 0.3) is 0 Å². The number of hydrogen-bond donors (Lipinski definition) is 0. The first-order chi connectivity index (χ1) is 22.4. The third-order valence-corrected chi connectivity index (χ3v) is 5.45. The molecule has 0 radical (unpaired) electrons. The molecule has 0 unspecified atom stereocenters. The molecular weight excluding hydrogens is 599 g/mol. The Hall–Kier alpha value is -1.82. The molecule has 13 nitrogen and oxygen atoms in total. The summed E-state index contributed by atoms with van der Waals surface area (Å²) in [5, 5.41) is 0. The number of carbonyl (C=O) groups excluding carboxylic acids is 1. The van der Waals surface area contributed by atoms with E-state index in [1.165, 1.54) is 0 Å². The molecule has 0 aliphatic heterocycles. The van der Waals surface area contributed by atoms with Gasteiger partial charge in [0.15, 0.2) is 0 Å². The van der Waals surface area contributed by atoms with Gasteiger partial charge in [-0.05, 0) is 24.3 Å². The number of hydrogen-bond acceptors (Lipinski definition) is 13. The summed E-state index contributed by atoms with van der Waals surface area (Å²) in [6, 6.07) is 6.92. The zero-order chi connectivity index (χ0) is 32.1. The molecule has 0 aromatic heterocycles. The van der Waals surface area contributed by atoms with Crippen LogP contribution in [0.4, 0.5) is 4.39 Å². The van der Waals surface area contributed by atoms with Crippen molar-refractivity contribution >= 4 is 6.29 Å². The van der Waals surface area contributed by atoms with Crippen LogP contribution in [0.2, 0.25) is 0 Å². The second kappa shape index (κ2) is 35.0. The van der Waals surface area contributed by atoms with Gasteiger partial charge in [-0.25, -0.2) is 4.39 Å². The molecule has 0 spiro atoms. The maximum atomic E-state index is 11.8. The van der Waals surface area contributed by atoms with Gasteiger partial charge in [-0.2, -0.15) is 0 Å². The SMILES string of the molecule is O=Cc1ccc(OCCOCCOCCOCCOCCOCCOCCOCCOCCOCCOCCOCCF)cc1. The Morgan fingerprint density at radius 2 is 0.622 bits per heavy atom. The van der Waals surface area contributed by atoms with Gasteiger partial charge < -0.3 is 56.8 Å². The van der Waals surface area contributed by atoms with Gasteiger partial charge in [-0.3, -0.25) is 4.79 Å². The maximum Gasteiger partial charge on any atom is 0.150 e. The molecule has 14 heteroatoms. The van der Waals surface area contributed by atoms with Crippen LogP contribution in [0, 0.1) is 0 Å². The highest BCUT2D eigenvalue weighted by atomic mass is 19.1.